The highest BCUT2D eigenvalue weighted by Gasteiger charge is 2.45. The van der Waals surface area contributed by atoms with E-state index in [4.69, 9.17) is 16.6 Å². The molecular formula is C21H26ClN3O. The second-order valence-corrected chi connectivity index (χ2v) is 8.41. The van der Waals surface area contributed by atoms with Crippen molar-refractivity contribution >= 4 is 17.4 Å². The van der Waals surface area contributed by atoms with Crippen LogP contribution >= 0.6 is 11.6 Å². The zero-order chi connectivity index (χ0) is 18.5. The molecule has 1 aromatic heterocycles. The van der Waals surface area contributed by atoms with Crippen molar-refractivity contribution in [2.75, 3.05) is 18.0 Å². The van der Waals surface area contributed by atoms with Crippen LogP contribution in [0.1, 0.15) is 44.0 Å². The van der Waals surface area contributed by atoms with E-state index in [-0.39, 0.29) is 5.56 Å². The van der Waals surface area contributed by atoms with E-state index in [1.807, 2.05) is 32.0 Å². The maximum Gasteiger partial charge on any atom is 0.260 e. The van der Waals surface area contributed by atoms with Crippen LogP contribution in [0.25, 0.3) is 5.69 Å². The predicted octanol–water partition coefficient (Wildman–Crippen LogP) is 4.52. The topological polar surface area (TPSA) is 38.1 Å². The number of halogens is 1. The normalized spacial score (nSPS) is 21.7. The molecule has 4 rings (SSSR count). The van der Waals surface area contributed by atoms with Gasteiger partial charge in [0.25, 0.3) is 5.56 Å². The highest BCUT2D eigenvalue weighted by molar-refractivity contribution is 6.33. The van der Waals surface area contributed by atoms with Crippen molar-refractivity contribution in [3.05, 3.63) is 51.0 Å². The summed E-state index contributed by atoms with van der Waals surface area (Å²) in [5.74, 6) is 2.32. The van der Waals surface area contributed by atoms with Gasteiger partial charge in [-0.15, -0.1) is 0 Å². The predicted molar refractivity (Wildman–Crippen MR) is 107 cm³/mol. The highest BCUT2D eigenvalue weighted by Crippen LogP contribution is 2.53. The second-order valence-electron chi connectivity index (χ2n) is 8.03. The number of benzene rings is 1. The van der Waals surface area contributed by atoms with Crippen LogP contribution in [0.2, 0.25) is 5.02 Å². The Hall–Kier alpha value is -1.81. The Morgan fingerprint density at radius 1 is 1.19 bits per heavy atom. The van der Waals surface area contributed by atoms with Gasteiger partial charge in [0.1, 0.15) is 11.6 Å². The number of nitrogens with zero attached hydrogens (tertiary/aromatic N) is 3. The summed E-state index contributed by atoms with van der Waals surface area (Å²) in [6.45, 7) is 8.19. The number of hydrogen-bond donors (Lipinski definition) is 0. The van der Waals surface area contributed by atoms with Gasteiger partial charge in [-0.05, 0) is 62.5 Å². The van der Waals surface area contributed by atoms with E-state index in [1.165, 1.54) is 25.7 Å². The van der Waals surface area contributed by atoms with E-state index >= 15 is 0 Å². The van der Waals surface area contributed by atoms with E-state index in [0.717, 1.165) is 30.4 Å². The van der Waals surface area contributed by atoms with Gasteiger partial charge in [0.15, 0.2) is 0 Å². The van der Waals surface area contributed by atoms with Crippen molar-refractivity contribution in [2.24, 2.45) is 11.3 Å². The number of aryl methyl sites for hydroxylation is 2. The highest BCUT2D eigenvalue weighted by atomic mass is 35.5. The molecule has 1 spiro atoms. The molecular weight excluding hydrogens is 346 g/mol. The molecule has 1 aromatic carbocycles. The van der Waals surface area contributed by atoms with Crippen LogP contribution in [0.3, 0.4) is 0 Å². The Balaban J connectivity index is 1.63. The van der Waals surface area contributed by atoms with Crippen LogP contribution < -0.4 is 10.5 Å². The lowest BCUT2D eigenvalue weighted by atomic mass is 9.56. The molecule has 0 N–H and O–H groups in total. The quantitative estimate of drug-likeness (QED) is 0.779. The third-order valence-corrected chi connectivity index (χ3v) is 7.18. The van der Waals surface area contributed by atoms with E-state index in [1.54, 1.807) is 10.6 Å². The summed E-state index contributed by atoms with van der Waals surface area (Å²) in [6, 6.07) is 7.39. The average molecular weight is 372 g/mol. The Morgan fingerprint density at radius 3 is 2.50 bits per heavy atom. The Morgan fingerprint density at radius 2 is 1.92 bits per heavy atom. The summed E-state index contributed by atoms with van der Waals surface area (Å²) in [5.41, 5.74) is 2.14. The van der Waals surface area contributed by atoms with Gasteiger partial charge in [-0.3, -0.25) is 9.36 Å². The molecule has 2 fully saturated rings. The van der Waals surface area contributed by atoms with Crippen LogP contribution in [-0.4, -0.2) is 22.6 Å². The van der Waals surface area contributed by atoms with Gasteiger partial charge in [-0.1, -0.05) is 30.7 Å². The van der Waals surface area contributed by atoms with Gasteiger partial charge in [-0.25, -0.2) is 4.98 Å². The van der Waals surface area contributed by atoms with Gasteiger partial charge in [0.05, 0.1) is 10.7 Å². The van der Waals surface area contributed by atoms with E-state index < -0.39 is 0 Å². The Bertz CT molecular complexity index is 897. The molecule has 1 aliphatic heterocycles. The summed E-state index contributed by atoms with van der Waals surface area (Å²) in [7, 11) is 0. The summed E-state index contributed by atoms with van der Waals surface area (Å²) >= 11 is 6.43. The fourth-order valence-electron chi connectivity index (χ4n) is 4.61. The molecule has 138 valence electrons. The van der Waals surface area contributed by atoms with Gasteiger partial charge < -0.3 is 4.90 Å². The molecule has 1 atom stereocenters. The summed E-state index contributed by atoms with van der Waals surface area (Å²) in [5, 5.41) is 0.603. The van der Waals surface area contributed by atoms with Crippen LogP contribution in [0.5, 0.6) is 0 Å². The van der Waals surface area contributed by atoms with Crippen molar-refractivity contribution in [3.63, 3.8) is 0 Å². The number of anilines is 1. The van der Waals surface area contributed by atoms with Crippen LogP contribution in [-0.2, 0) is 0 Å². The number of aromatic nitrogens is 2. The second kappa shape index (κ2) is 6.41. The Labute approximate surface area is 159 Å². The first-order valence-electron chi connectivity index (χ1n) is 9.52. The molecule has 1 saturated heterocycles. The maximum atomic E-state index is 12.9. The van der Waals surface area contributed by atoms with E-state index in [9.17, 15) is 4.79 Å². The van der Waals surface area contributed by atoms with E-state index in [0.29, 0.717) is 21.9 Å². The molecule has 4 nitrogen and oxygen atoms in total. The lowest BCUT2D eigenvalue weighted by Crippen LogP contribution is -2.48. The molecule has 0 amide bonds. The molecule has 2 aromatic rings. The molecule has 5 heteroatoms. The van der Waals surface area contributed by atoms with E-state index in [2.05, 4.69) is 11.8 Å². The number of rotatable bonds is 2. The molecule has 26 heavy (non-hydrogen) atoms. The standard InChI is InChI=1S/C21H26ClN3O/c1-14-5-4-6-17(20(14)22)25-16(3)23-18(13-19(25)26)24-11-9-21(10-12-24)8-7-15(21)2/h4-6,13,15H,7-12H2,1-3H3. The number of hydrogen-bond acceptors (Lipinski definition) is 3. The van der Waals surface area contributed by atoms with Crippen LogP contribution in [0.15, 0.2) is 29.1 Å². The van der Waals surface area contributed by atoms with Gasteiger partial charge in [0.2, 0.25) is 0 Å². The summed E-state index contributed by atoms with van der Waals surface area (Å²) in [6.07, 6.45) is 5.15. The number of piperidine rings is 1. The average Bonchev–Trinajstić information content (AvgIpc) is 2.63. The Kier molecular flexibility index (Phi) is 4.34. The summed E-state index contributed by atoms with van der Waals surface area (Å²) in [4.78, 5) is 19.9. The van der Waals surface area contributed by atoms with Gasteiger partial charge in [0, 0.05) is 19.2 Å². The monoisotopic (exact) mass is 371 g/mol. The minimum absolute atomic E-state index is 0.0719. The molecule has 1 aliphatic carbocycles. The SMILES string of the molecule is Cc1cccc(-n2c(C)nc(N3CCC4(CCC4C)CC3)cc2=O)c1Cl. The third-order valence-electron chi connectivity index (χ3n) is 6.69. The smallest absolute Gasteiger partial charge is 0.260 e. The lowest BCUT2D eigenvalue weighted by molar-refractivity contribution is 0.0163. The molecule has 0 radical (unpaired) electrons. The molecule has 1 saturated carbocycles. The third kappa shape index (κ3) is 2.75. The first-order valence-corrected chi connectivity index (χ1v) is 9.90. The van der Waals surface area contributed by atoms with Gasteiger partial charge in [-0.2, -0.15) is 0 Å². The van der Waals surface area contributed by atoms with Crippen molar-refractivity contribution in [3.8, 4) is 5.69 Å². The molecule has 0 bridgehead atoms. The molecule has 1 unspecified atom stereocenters. The molecule has 2 aliphatic rings. The van der Waals surface area contributed by atoms with Crippen LogP contribution in [0.4, 0.5) is 5.82 Å². The summed E-state index contributed by atoms with van der Waals surface area (Å²) < 4.78 is 1.61. The van der Waals surface area contributed by atoms with Crippen molar-refractivity contribution in [1.82, 2.24) is 9.55 Å². The zero-order valence-corrected chi connectivity index (χ0v) is 16.5. The van der Waals surface area contributed by atoms with Crippen molar-refractivity contribution < 1.29 is 0 Å². The maximum absolute atomic E-state index is 12.9. The van der Waals surface area contributed by atoms with Crippen LogP contribution in [0, 0.1) is 25.2 Å². The fraction of sp³-hybridized carbons (Fsp3) is 0.524. The fourth-order valence-corrected chi connectivity index (χ4v) is 4.82. The lowest BCUT2D eigenvalue weighted by Gasteiger charge is -2.53. The van der Waals surface area contributed by atoms with Gasteiger partial charge >= 0.3 is 0 Å². The molecule has 2 heterocycles. The zero-order valence-electron chi connectivity index (χ0n) is 15.8. The minimum atomic E-state index is -0.0719. The van der Waals surface area contributed by atoms with Crippen molar-refractivity contribution in [1.29, 1.82) is 0 Å². The first-order chi connectivity index (χ1) is 12.4. The first kappa shape index (κ1) is 17.6. The van der Waals surface area contributed by atoms with Crippen molar-refractivity contribution in [2.45, 2.75) is 46.5 Å². The minimum Gasteiger partial charge on any atom is -0.356 e. The largest absolute Gasteiger partial charge is 0.356 e.